The predicted molar refractivity (Wildman–Crippen MR) is 135 cm³/mol. The zero-order valence-electron chi connectivity index (χ0n) is 18.8. The maximum absolute atomic E-state index is 12.6. The molecule has 8 nitrogen and oxygen atoms in total. The van der Waals surface area contributed by atoms with Crippen LogP contribution in [-0.2, 0) is 10.0 Å². The highest BCUT2D eigenvalue weighted by Crippen LogP contribution is 2.22. The third-order valence-corrected chi connectivity index (χ3v) is 6.33. The Balaban J connectivity index is 1.36. The van der Waals surface area contributed by atoms with E-state index >= 15 is 0 Å². The molecule has 4 aromatic rings. The molecule has 0 bridgehead atoms. The lowest BCUT2D eigenvalue weighted by Crippen LogP contribution is -2.14. The zero-order chi connectivity index (χ0) is 24.7. The number of rotatable bonds is 8. The lowest BCUT2D eigenvalue weighted by Gasteiger charge is -2.10. The highest BCUT2D eigenvalue weighted by molar-refractivity contribution is 7.92. The highest BCUT2D eigenvalue weighted by Gasteiger charge is 2.15. The molecule has 0 unspecified atom stereocenters. The molecule has 4 aromatic carbocycles. The standard InChI is InChI=1S/C26H22N4O4S/c1-34-24-15-17-25(18-16-24)35(32,33)30-23-9-7-19(8-10-23)26(31)27-20-11-13-22(14-12-20)29-28-21-5-3-2-4-6-21/h2-18,30H,1H3,(H,27,31). The number of anilines is 2. The number of carbonyl (C=O) groups excluding carboxylic acids is 1. The Kier molecular flexibility index (Phi) is 7.18. The molecule has 0 radical (unpaired) electrons. The average molecular weight is 487 g/mol. The quantitative estimate of drug-likeness (QED) is 0.291. The minimum Gasteiger partial charge on any atom is -0.497 e. The van der Waals surface area contributed by atoms with Crippen molar-refractivity contribution in [2.45, 2.75) is 4.90 Å². The minimum atomic E-state index is -3.77. The van der Waals surface area contributed by atoms with Gasteiger partial charge in [0.15, 0.2) is 0 Å². The molecule has 1 amide bonds. The summed E-state index contributed by atoms with van der Waals surface area (Å²) >= 11 is 0. The number of methoxy groups -OCH3 is 1. The van der Waals surface area contributed by atoms with Gasteiger partial charge in [-0.2, -0.15) is 10.2 Å². The summed E-state index contributed by atoms with van der Waals surface area (Å²) in [5.41, 5.74) is 2.72. The van der Waals surface area contributed by atoms with Crippen LogP contribution in [0, 0.1) is 0 Å². The molecule has 0 aliphatic heterocycles. The molecule has 0 saturated carbocycles. The summed E-state index contributed by atoms with van der Waals surface area (Å²) in [6, 6.07) is 28.5. The van der Waals surface area contributed by atoms with Crippen molar-refractivity contribution in [1.29, 1.82) is 0 Å². The Morgan fingerprint density at radius 1 is 0.714 bits per heavy atom. The first-order chi connectivity index (χ1) is 16.9. The molecule has 0 spiro atoms. The molecule has 0 aliphatic carbocycles. The van der Waals surface area contributed by atoms with Gasteiger partial charge in [-0.25, -0.2) is 8.42 Å². The fraction of sp³-hybridized carbons (Fsp3) is 0.0385. The van der Waals surface area contributed by atoms with E-state index in [1.54, 1.807) is 48.5 Å². The number of carbonyl (C=O) groups is 1. The lowest BCUT2D eigenvalue weighted by molar-refractivity contribution is 0.102. The first-order valence-corrected chi connectivity index (χ1v) is 12.1. The third kappa shape index (κ3) is 6.30. The van der Waals surface area contributed by atoms with Crippen LogP contribution in [0.4, 0.5) is 22.7 Å². The number of hydrogen-bond donors (Lipinski definition) is 2. The Labute approximate surface area is 203 Å². The molecule has 0 saturated heterocycles. The number of amides is 1. The van der Waals surface area contributed by atoms with Crippen molar-refractivity contribution >= 4 is 38.7 Å². The van der Waals surface area contributed by atoms with Crippen LogP contribution in [0.1, 0.15) is 10.4 Å². The molecule has 0 aliphatic rings. The first-order valence-electron chi connectivity index (χ1n) is 10.6. The Morgan fingerprint density at radius 3 is 1.89 bits per heavy atom. The topological polar surface area (TPSA) is 109 Å². The number of azo groups is 1. The minimum absolute atomic E-state index is 0.104. The number of nitrogens with one attached hydrogen (secondary N) is 2. The lowest BCUT2D eigenvalue weighted by atomic mass is 10.2. The van der Waals surface area contributed by atoms with Gasteiger partial charge in [0.1, 0.15) is 5.75 Å². The third-order valence-electron chi connectivity index (χ3n) is 4.93. The smallest absolute Gasteiger partial charge is 0.261 e. The number of benzene rings is 4. The van der Waals surface area contributed by atoms with Gasteiger partial charge < -0.3 is 10.1 Å². The van der Waals surface area contributed by atoms with Gasteiger partial charge in [-0.15, -0.1) is 0 Å². The molecule has 2 N–H and O–H groups in total. The largest absolute Gasteiger partial charge is 0.497 e. The fourth-order valence-electron chi connectivity index (χ4n) is 3.08. The number of sulfonamides is 1. The van der Waals surface area contributed by atoms with Gasteiger partial charge in [-0.3, -0.25) is 9.52 Å². The van der Waals surface area contributed by atoms with Crippen LogP contribution in [0.3, 0.4) is 0 Å². The van der Waals surface area contributed by atoms with Crippen molar-refractivity contribution in [3.8, 4) is 5.75 Å². The van der Waals surface area contributed by atoms with Gasteiger partial charge in [0, 0.05) is 16.9 Å². The van der Waals surface area contributed by atoms with Crippen LogP contribution in [0.15, 0.2) is 118 Å². The molecule has 4 rings (SSSR count). The maximum Gasteiger partial charge on any atom is 0.261 e. The second kappa shape index (κ2) is 10.6. The fourth-order valence-corrected chi connectivity index (χ4v) is 4.14. The molecule has 35 heavy (non-hydrogen) atoms. The molecule has 176 valence electrons. The van der Waals surface area contributed by atoms with E-state index in [1.165, 1.54) is 31.4 Å². The van der Waals surface area contributed by atoms with Crippen LogP contribution in [-0.4, -0.2) is 21.4 Å². The molecule has 0 fully saturated rings. The Bertz CT molecular complexity index is 1420. The van der Waals surface area contributed by atoms with Crippen LogP contribution in [0.5, 0.6) is 5.75 Å². The van der Waals surface area contributed by atoms with Crippen molar-refractivity contribution in [3.63, 3.8) is 0 Å². The van der Waals surface area contributed by atoms with E-state index in [4.69, 9.17) is 4.74 Å². The van der Waals surface area contributed by atoms with Crippen LogP contribution < -0.4 is 14.8 Å². The van der Waals surface area contributed by atoms with Crippen molar-refractivity contribution in [2.75, 3.05) is 17.1 Å². The zero-order valence-corrected chi connectivity index (χ0v) is 19.6. The molecular weight excluding hydrogens is 464 g/mol. The summed E-state index contributed by atoms with van der Waals surface area (Å²) < 4.78 is 32.7. The second-order valence-corrected chi connectivity index (χ2v) is 9.08. The summed E-state index contributed by atoms with van der Waals surface area (Å²) in [6.45, 7) is 0. The van der Waals surface area contributed by atoms with Crippen LogP contribution >= 0.6 is 0 Å². The Morgan fingerprint density at radius 2 is 1.29 bits per heavy atom. The van der Waals surface area contributed by atoms with Crippen LogP contribution in [0.2, 0.25) is 0 Å². The summed E-state index contributed by atoms with van der Waals surface area (Å²) in [7, 11) is -2.26. The Hall–Kier alpha value is -4.50. The van der Waals surface area contributed by atoms with Crippen molar-refractivity contribution < 1.29 is 17.9 Å². The van der Waals surface area contributed by atoms with Gasteiger partial charge >= 0.3 is 0 Å². The van der Waals surface area contributed by atoms with E-state index < -0.39 is 10.0 Å². The SMILES string of the molecule is COc1ccc(S(=O)(=O)Nc2ccc(C(=O)Nc3ccc(N=Nc4ccccc4)cc3)cc2)cc1. The monoisotopic (exact) mass is 486 g/mol. The van der Waals surface area contributed by atoms with E-state index in [2.05, 4.69) is 20.3 Å². The molecule has 0 atom stereocenters. The van der Waals surface area contributed by atoms with E-state index in [0.717, 1.165) is 5.69 Å². The number of nitrogens with zero attached hydrogens (tertiary/aromatic N) is 2. The highest BCUT2D eigenvalue weighted by atomic mass is 32.2. The van der Waals surface area contributed by atoms with Gasteiger partial charge in [-0.05, 0) is 84.9 Å². The predicted octanol–water partition coefficient (Wildman–Crippen LogP) is 6.16. The van der Waals surface area contributed by atoms with Gasteiger partial charge in [0.25, 0.3) is 15.9 Å². The van der Waals surface area contributed by atoms with E-state index in [9.17, 15) is 13.2 Å². The van der Waals surface area contributed by atoms with Crippen LogP contribution in [0.25, 0.3) is 0 Å². The summed E-state index contributed by atoms with van der Waals surface area (Å²) in [5, 5.41) is 11.1. The van der Waals surface area contributed by atoms with E-state index in [1.807, 2.05) is 30.3 Å². The summed E-state index contributed by atoms with van der Waals surface area (Å²) in [6.07, 6.45) is 0. The van der Waals surface area contributed by atoms with Crippen molar-refractivity contribution in [3.05, 3.63) is 109 Å². The molecule has 0 aromatic heterocycles. The number of hydrogen-bond acceptors (Lipinski definition) is 6. The second-order valence-electron chi connectivity index (χ2n) is 7.39. The summed E-state index contributed by atoms with van der Waals surface area (Å²) in [4.78, 5) is 12.7. The average Bonchev–Trinajstić information content (AvgIpc) is 2.89. The molecule has 9 heteroatoms. The summed E-state index contributed by atoms with van der Waals surface area (Å²) in [5.74, 6) is 0.235. The molecule has 0 heterocycles. The van der Waals surface area contributed by atoms with E-state index in [0.29, 0.717) is 28.4 Å². The maximum atomic E-state index is 12.6. The van der Waals surface area contributed by atoms with Gasteiger partial charge in [-0.1, -0.05) is 18.2 Å². The van der Waals surface area contributed by atoms with Crippen molar-refractivity contribution in [2.24, 2.45) is 10.2 Å². The van der Waals surface area contributed by atoms with Crippen molar-refractivity contribution in [1.82, 2.24) is 0 Å². The van der Waals surface area contributed by atoms with Gasteiger partial charge in [0.2, 0.25) is 0 Å². The first kappa shape index (κ1) is 23.7. The number of ether oxygens (including phenoxy) is 1. The normalized spacial score (nSPS) is 11.2. The van der Waals surface area contributed by atoms with E-state index in [-0.39, 0.29) is 10.8 Å². The van der Waals surface area contributed by atoms with Gasteiger partial charge in [0.05, 0.1) is 23.4 Å². The molecular formula is C26H22N4O4S.